The van der Waals surface area contributed by atoms with E-state index < -0.39 is 0 Å². The van der Waals surface area contributed by atoms with Crippen molar-refractivity contribution in [3.63, 3.8) is 0 Å². The monoisotopic (exact) mass is 301 g/mol. The lowest BCUT2D eigenvalue weighted by atomic mass is 9.73. The Morgan fingerprint density at radius 2 is 1.86 bits per heavy atom. The molecule has 4 heteroatoms. The Balaban J connectivity index is 1.60. The zero-order chi connectivity index (χ0) is 15.6. The minimum absolute atomic E-state index is 0.0245. The van der Waals surface area contributed by atoms with Gasteiger partial charge in [-0.15, -0.1) is 0 Å². The van der Waals surface area contributed by atoms with Crippen molar-refractivity contribution >= 4 is 5.91 Å². The van der Waals surface area contributed by atoms with Gasteiger partial charge in [-0.25, -0.2) is 0 Å². The Morgan fingerprint density at radius 1 is 1.23 bits per heavy atom. The summed E-state index contributed by atoms with van der Waals surface area (Å²) in [5.41, 5.74) is 13.5. The van der Waals surface area contributed by atoms with Crippen molar-refractivity contribution in [1.29, 1.82) is 0 Å². The number of nitrogens with zero attached hydrogens (tertiary/aromatic N) is 1. The SMILES string of the molecule is NCC1(c2ccccc2)CCN(C(=O)CC(N)C2CC2)CC1. The van der Waals surface area contributed by atoms with Gasteiger partial charge in [0.15, 0.2) is 0 Å². The zero-order valence-corrected chi connectivity index (χ0v) is 13.2. The highest BCUT2D eigenvalue weighted by molar-refractivity contribution is 5.77. The highest BCUT2D eigenvalue weighted by Gasteiger charge is 2.37. The molecule has 1 aliphatic carbocycles. The molecule has 1 atom stereocenters. The molecule has 0 bridgehead atoms. The van der Waals surface area contributed by atoms with E-state index in [9.17, 15) is 4.79 Å². The van der Waals surface area contributed by atoms with Gasteiger partial charge in [0.2, 0.25) is 5.91 Å². The summed E-state index contributed by atoms with van der Waals surface area (Å²) in [5, 5.41) is 0. The number of nitrogens with two attached hydrogens (primary N) is 2. The van der Waals surface area contributed by atoms with Crippen LogP contribution in [0.5, 0.6) is 0 Å². The quantitative estimate of drug-likeness (QED) is 0.868. The fourth-order valence-electron chi connectivity index (χ4n) is 3.61. The second-order valence-corrected chi connectivity index (χ2v) is 6.94. The molecule has 4 N–H and O–H groups in total. The summed E-state index contributed by atoms with van der Waals surface area (Å²) in [4.78, 5) is 14.4. The van der Waals surface area contributed by atoms with Crippen molar-refractivity contribution < 1.29 is 4.79 Å². The van der Waals surface area contributed by atoms with Crippen LogP contribution in [-0.2, 0) is 10.2 Å². The lowest BCUT2D eigenvalue weighted by molar-refractivity contribution is -0.133. The largest absolute Gasteiger partial charge is 0.343 e. The van der Waals surface area contributed by atoms with Crippen molar-refractivity contribution in [3.8, 4) is 0 Å². The predicted octanol–water partition coefficient (Wildman–Crippen LogP) is 1.63. The average Bonchev–Trinajstić information content (AvgIpc) is 3.40. The molecule has 1 aromatic carbocycles. The maximum absolute atomic E-state index is 12.4. The third-order valence-electron chi connectivity index (χ3n) is 5.49. The Labute approximate surface area is 132 Å². The topological polar surface area (TPSA) is 72.3 Å². The van der Waals surface area contributed by atoms with Gasteiger partial charge in [0.05, 0.1) is 0 Å². The van der Waals surface area contributed by atoms with Crippen LogP contribution in [0.1, 0.15) is 37.7 Å². The summed E-state index contributed by atoms with van der Waals surface area (Å²) in [5.74, 6) is 0.805. The molecule has 1 amide bonds. The predicted molar refractivity (Wildman–Crippen MR) is 88.3 cm³/mol. The van der Waals surface area contributed by atoms with Crippen LogP contribution in [0.3, 0.4) is 0 Å². The highest BCUT2D eigenvalue weighted by atomic mass is 16.2. The van der Waals surface area contributed by atoms with Crippen molar-refractivity contribution in [2.75, 3.05) is 19.6 Å². The molecule has 1 heterocycles. The maximum atomic E-state index is 12.4. The molecule has 1 aliphatic heterocycles. The number of hydrogen-bond acceptors (Lipinski definition) is 3. The normalized spacial score (nSPS) is 22.4. The number of likely N-dealkylation sites (tertiary alicyclic amines) is 1. The first kappa shape index (κ1) is 15.5. The van der Waals surface area contributed by atoms with E-state index in [1.807, 2.05) is 11.0 Å². The zero-order valence-electron chi connectivity index (χ0n) is 13.2. The molecule has 22 heavy (non-hydrogen) atoms. The molecule has 0 aromatic heterocycles. The Bertz CT molecular complexity index is 504. The van der Waals surface area contributed by atoms with Crippen LogP contribution in [-0.4, -0.2) is 36.5 Å². The molecule has 2 aliphatic rings. The van der Waals surface area contributed by atoms with E-state index in [1.165, 1.54) is 18.4 Å². The van der Waals surface area contributed by atoms with Crippen LogP contribution in [0.25, 0.3) is 0 Å². The Morgan fingerprint density at radius 3 is 2.41 bits per heavy atom. The van der Waals surface area contributed by atoms with Crippen molar-refractivity contribution in [1.82, 2.24) is 4.90 Å². The number of carbonyl (C=O) groups excluding carboxylic acids is 1. The molecule has 4 nitrogen and oxygen atoms in total. The van der Waals surface area contributed by atoms with Gasteiger partial charge in [0.1, 0.15) is 0 Å². The number of hydrogen-bond donors (Lipinski definition) is 2. The van der Waals surface area contributed by atoms with Crippen molar-refractivity contribution in [3.05, 3.63) is 35.9 Å². The molecule has 2 fully saturated rings. The highest BCUT2D eigenvalue weighted by Crippen LogP contribution is 2.36. The molecule has 1 saturated carbocycles. The summed E-state index contributed by atoms with van der Waals surface area (Å²) in [6.45, 7) is 2.23. The average molecular weight is 301 g/mol. The number of rotatable bonds is 5. The van der Waals surface area contributed by atoms with Gasteiger partial charge in [-0.1, -0.05) is 30.3 Å². The number of piperidine rings is 1. The van der Waals surface area contributed by atoms with Crippen LogP contribution in [0.15, 0.2) is 30.3 Å². The van der Waals surface area contributed by atoms with E-state index in [0.29, 0.717) is 18.9 Å². The van der Waals surface area contributed by atoms with Gasteiger partial charge < -0.3 is 16.4 Å². The first-order chi connectivity index (χ1) is 10.6. The van der Waals surface area contributed by atoms with Crippen LogP contribution >= 0.6 is 0 Å². The van der Waals surface area contributed by atoms with Crippen LogP contribution in [0.4, 0.5) is 0 Å². The second-order valence-electron chi connectivity index (χ2n) is 6.94. The van der Waals surface area contributed by atoms with Gasteiger partial charge in [0.25, 0.3) is 0 Å². The molecular weight excluding hydrogens is 274 g/mol. The summed E-state index contributed by atoms with van der Waals surface area (Å²) < 4.78 is 0. The summed E-state index contributed by atoms with van der Waals surface area (Å²) in [6, 6.07) is 10.5. The standard InChI is InChI=1S/C18H27N3O/c19-13-18(15-4-2-1-3-5-15)8-10-21(11-9-18)17(22)12-16(20)14-6-7-14/h1-5,14,16H,6-13,19-20H2. The lowest BCUT2D eigenvalue weighted by Gasteiger charge is -2.42. The molecule has 0 radical (unpaired) electrons. The fourth-order valence-corrected chi connectivity index (χ4v) is 3.61. The lowest BCUT2D eigenvalue weighted by Crippen LogP contribution is -2.49. The number of carbonyl (C=O) groups is 1. The molecular formula is C18H27N3O. The molecule has 1 unspecified atom stereocenters. The van der Waals surface area contributed by atoms with Crippen LogP contribution in [0.2, 0.25) is 0 Å². The van der Waals surface area contributed by atoms with Gasteiger partial charge in [-0.3, -0.25) is 4.79 Å². The van der Waals surface area contributed by atoms with Crippen LogP contribution < -0.4 is 11.5 Å². The maximum Gasteiger partial charge on any atom is 0.224 e. The Kier molecular flexibility index (Phi) is 4.50. The van der Waals surface area contributed by atoms with Gasteiger partial charge in [0, 0.05) is 37.5 Å². The van der Waals surface area contributed by atoms with E-state index in [0.717, 1.165) is 25.9 Å². The van der Waals surface area contributed by atoms with Gasteiger partial charge >= 0.3 is 0 Å². The third-order valence-corrected chi connectivity index (χ3v) is 5.49. The first-order valence-corrected chi connectivity index (χ1v) is 8.43. The molecule has 120 valence electrons. The van der Waals surface area contributed by atoms with E-state index in [2.05, 4.69) is 24.3 Å². The van der Waals surface area contributed by atoms with Crippen LogP contribution in [0, 0.1) is 5.92 Å². The van der Waals surface area contributed by atoms with E-state index in [4.69, 9.17) is 11.5 Å². The molecule has 3 rings (SSSR count). The first-order valence-electron chi connectivity index (χ1n) is 8.43. The fraction of sp³-hybridized carbons (Fsp3) is 0.611. The number of benzene rings is 1. The summed E-state index contributed by atoms with van der Waals surface area (Å²) in [7, 11) is 0. The van der Waals surface area contributed by atoms with Crippen molar-refractivity contribution in [2.24, 2.45) is 17.4 Å². The van der Waals surface area contributed by atoms with E-state index >= 15 is 0 Å². The summed E-state index contributed by atoms with van der Waals surface area (Å²) >= 11 is 0. The summed E-state index contributed by atoms with van der Waals surface area (Å²) in [6.07, 6.45) is 4.78. The molecule has 1 aromatic rings. The minimum Gasteiger partial charge on any atom is -0.343 e. The van der Waals surface area contributed by atoms with Crippen molar-refractivity contribution in [2.45, 2.75) is 43.6 Å². The van der Waals surface area contributed by atoms with E-state index in [-0.39, 0.29) is 17.4 Å². The number of amides is 1. The Hall–Kier alpha value is -1.39. The molecule has 0 spiro atoms. The third kappa shape index (κ3) is 3.18. The van der Waals surface area contributed by atoms with E-state index in [1.54, 1.807) is 0 Å². The van der Waals surface area contributed by atoms with Gasteiger partial charge in [-0.2, -0.15) is 0 Å². The van der Waals surface area contributed by atoms with Gasteiger partial charge in [-0.05, 0) is 37.2 Å². The molecule has 1 saturated heterocycles. The second kappa shape index (κ2) is 6.39. The minimum atomic E-state index is 0.0245. The smallest absolute Gasteiger partial charge is 0.224 e.